The number of ether oxygens (including phenoxy) is 1. The molecule has 26 heavy (non-hydrogen) atoms. The molecule has 1 fully saturated rings. The zero-order valence-electron chi connectivity index (χ0n) is 15.4. The first-order valence-corrected chi connectivity index (χ1v) is 8.93. The van der Waals surface area contributed by atoms with Gasteiger partial charge in [0.15, 0.2) is 0 Å². The molecule has 1 aromatic carbocycles. The van der Waals surface area contributed by atoms with Crippen LogP contribution in [-0.4, -0.2) is 62.2 Å². The number of rotatable bonds is 7. The molecule has 1 aliphatic heterocycles. The average Bonchev–Trinajstić information content (AvgIpc) is 2.59. The zero-order valence-corrected chi connectivity index (χ0v) is 15.4. The predicted molar refractivity (Wildman–Crippen MR) is 94.2 cm³/mol. The lowest BCUT2D eigenvalue weighted by molar-refractivity contribution is -0.161. The normalized spacial score (nSPS) is 18.6. The number of carbonyl (C=O) groups excluding carboxylic acids is 1. The quantitative estimate of drug-likeness (QED) is 0.736. The van der Waals surface area contributed by atoms with Crippen LogP contribution in [0.25, 0.3) is 0 Å². The molecule has 0 radical (unpaired) electrons. The van der Waals surface area contributed by atoms with Crippen LogP contribution in [0.1, 0.15) is 24.8 Å². The Morgan fingerprint density at radius 2 is 2.00 bits per heavy atom. The Labute approximate surface area is 152 Å². The van der Waals surface area contributed by atoms with E-state index in [4.69, 9.17) is 4.74 Å². The minimum absolute atomic E-state index is 0.224. The van der Waals surface area contributed by atoms with Crippen LogP contribution < -0.4 is 4.74 Å². The summed E-state index contributed by atoms with van der Waals surface area (Å²) in [7, 11) is 3.10. The van der Waals surface area contributed by atoms with E-state index >= 15 is 0 Å². The van der Waals surface area contributed by atoms with Gasteiger partial charge in [0.1, 0.15) is 12.2 Å². The van der Waals surface area contributed by atoms with Gasteiger partial charge in [-0.2, -0.15) is 13.2 Å². The molecule has 0 aliphatic carbocycles. The van der Waals surface area contributed by atoms with Crippen molar-refractivity contribution in [1.82, 2.24) is 9.80 Å². The minimum atomic E-state index is -4.44. The first-order valence-electron chi connectivity index (χ1n) is 8.93. The van der Waals surface area contributed by atoms with E-state index in [2.05, 4.69) is 4.90 Å². The maximum absolute atomic E-state index is 12.4. The fraction of sp³-hybridized carbons (Fsp3) is 0.632. The van der Waals surface area contributed by atoms with E-state index in [-0.39, 0.29) is 5.92 Å². The van der Waals surface area contributed by atoms with Crippen LogP contribution in [0.4, 0.5) is 13.2 Å². The van der Waals surface area contributed by atoms with Crippen LogP contribution in [0.2, 0.25) is 0 Å². The summed E-state index contributed by atoms with van der Waals surface area (Å²) < 4.78 is 42.2. The zero-order chi connectivity index (χ0) is 19.2. The van der Waals surface area contributed by atoms with Crippen molar-refractivity contribution in [3.63, 3.8) is 0 Å². The number of amides is 1. The summed E-state index contributed by atoms with van der Waals surface area (Å²) in [6.07, 6.45) is -2.95. The number of hydrogen-bond donors (Lipinski definition) is 0. The fourth-order valence-electron chi connectivity index (χ4n) is 3.38. The van der Waals surface area contributed by atoms with Gasteiger partial charge in [-0.15, -0.1) is 0 Å². The molecule has 0 spiro atoms. The number of halogens is 3. The summed E-state index contributed by atoms with van der Waals surface area (Å²) in [5, 5.41) is 0. The first-order chi connectivity index (χ1) is 12.3. The van der Waals surface area contributed by atoms with E-state index in [9.17, 15) is 18.0 Å². The second-order valence-corrected chi connectivity index (χ2v) is 6.97. The Bertz CT molecular complexity index is 575. The van der Waals surface area contributed by atoms with E-state index < -0.39 is 18.5 Å². The lowest BCUT2D eigenvalue weighted by Crippen LogP contribution is -2.42. The van der Waals surface area contributed by atoms with E-state index in [1.807, 2.05) is 24.3 Å². The molecule has 146 valence electrons. The van der Waals surface area contributed by atoms with E-state index in [1.165, 1.54) is 17.5 Å². The SMILES string of the molecule is COc1ccc(CCN2CCCC(CN(C)C(=O)CC(F)(F)F)C2)cc1. The Kier molecular flexibility index (Phi) is 7.32. The molecule has 4 nitrogen and oxygen atoms in total. The van der Waals surface area contributed by atoms with Gasteiger partial charge in [-0.25, -0.2) is 0 Å². The van der Waals surface area contributed by atoms with Crippen molar-refractivity contribution >= 4 is 5.91 Å². The number of hydrogen-bond acceptors (Lipinski definition) is 3. The molecule has 1 aliphatic rings. The minimum Gasteiger partial charge on any atom is -0.497 e. The van der Waals surface area contributed by atoms with Crippen LogP contribution in [0.5, 0.6) is 5.75 Å². The Hall–Kier alpha value is -1.76. The molecule has 7 heteroatoms. The number of benzene rings is 1. The second-order valence-electron chi connectivity index (χ2n) is 6.97. The number of methoxy groups -OCH3 is 1. The highest BCUT2D eigenvalue weighted by Crippen LogP contribution is 2.22. The highest BCUT2D eigenvalue weighted by Gasteiger charge is 2.33. The highest BCUT2D eigenvalue weighted by atomic mass is 19.4. The van der Waals surface area contributed by atoms with Gasteiger partial charge in [-0.05, 0) is 49.4 Å². The van der Waals surface area contributed by atoms with Gasteiger partial charge < -0.3 is 14.5 Å². The third kappa shape index (κ3) is 6.86. The molecule has 1 unspecified atom stereocenters. The maximum atomic E-state index is 12.4. The van der Waals surface area contributed by atoms with E-state index in [1.54, 1.807) is 7.11 Å². The standard InChI is InChI=1S/C19H27F3N2O2/c1-23(18(25)12-19(20,21)22)13-16-4-3-10-24(14-16)11-9-15-5-7-17(26-2)8-6-15/h5-8,16H,3-4,9-14H2,1-2H3. The first kappa shape index (κ1) is 20.6. The van der Waals surface area contributed by atoms with Crippen molar-refractivity contribution in [3.05, 3.63) is 29.8 Å². The molecule has 1 heterocycles. The molecule has 0 N–H and O–H groups in total. The van der Waals surface area contributed by atoms with Crippen molar-refractivity contribution in [2.45, 2.75) is 31.9 Å². The summed E-state index contributed by atoms with van der Waals surface area (Å²) in [6.45, 7) is 3.10. The molecular weight excluding hydrogens is 345 g/mol. The molecule has 2 rings (SSSR count). The van der Waals surface area contributed by atoms with Crippen molar-refractivity contribution in [2.75, 3.05) is 40.3 Å². The van der Waals surface area contributed by atoms with Crippen LogP contribution in [0.3, 0.4) is 0 Å². The van der Waals surface area contributed by atoms with Gasteiger partial charge in [-0.3, -0.25) is 4.79 Å². The number of alkyl halides is 3. The number of piperidine rings is 1. The topological polar surface area (TPSA) is 32.8 Å². The summed E-state index contributed by atoms with van der Waals surface area (Å²) in [5.74, 6) is 0.202. The van der Waals surface area contributed by atoms with Crippen LogP contribution in [-0.2, 0) is 11.2 Å². The lowest BCUT2D eigenvalue weighted by atomic mass is 9.97. The summed E-state index contributed by atoms with van der Waals surface area (Å²) in [5.41, 5.74) is 1.23. The van der Waals surface area contributed by atoms with Crippen molar-refractivity contribution in [2.24, 2.45) is 5.92 Å². The highest BCUT2D eigenvalue weighted by molar-refractivity contribution is 5.76. The number of carbonyl (C=O) groups is 1. The average molecular weight is 372 g/mol. The van der Waals surface area contributed by atoms with Crippen molar-refractivity contribution < 1.29 is 22.7 Å². The molecule has 0 aromatic heterocycles. The van der Waals surface area contributed by atoms with E-state index in [0.717, 1.165) is 44.6 Å². The van der Waals surface area contributed by atoms with Gasteiger partial charge in [-0.1, -0.05) is 12.1 Å². The fourth-order valence-corrected chi connectivity index (χ4v) is 3.38. The third-order valence-electron chi connectivity index (χ3n) is 4.79. The maximum Gasteiger partial charge on any atom is 0.397 e. The van der Waals surface area contributed by atoms with Gasteiger partial charge in [0.2, 0.25) is 5.91 Å². The van der Waals surface area contributed by atoms with Crippen LogP contribution >= 0.6 is 0 Å². The van der Waals surface area contributed by atoms with E-state index in [0.29, 0.717) is 6.54 Å². The largest absolute Gasteiger partial charge is 0.497 e. The second kappa shape index (κ2) is 9.26. The lowest BCUT2D eigenvalue weighted by Gasteiger charge is -2.34. The summed E-state index contributed by atoms with van der Waals surface area (Å²) in [6, 6.07) is 7.97. The molecule has 1 atom stereocenters. The predicted octanol–water partition coefficient (Wildman–Crippen LogP) is 3.36. The van der Waals surface area contributed by atoms with Crippen molar-refractivity contribution in [3.8, 4) is 5.75 Å². The smallest absolute Gasteiger partial charge is 0.397 e. The molecule has 1 amide bonds. The Morgan fingerprint density at radius 1 is 1.31 bits per heavy atom. The molecule has 0 bridgehead atoms. The Morgan fingerprint density at radius 3 is 2.62 bits per heavy atom. The summed E-state index contributed by atoms with van der Waals surface area (Å²) >= 11 is 0. The molecule has 0 saturated carbocycles. The molecule has 1 saturated heterocycles. The van der Waals surface area contributed by atoms with Crippen LogP contribution in [0.15, 0.2) is 24.3 Å². The monoisotopic (exact) mass is 372 g/mol. The number of likely N-dealkylation sites (tertiary alicyclic amines) is 1. The third-order valence-corrected chi connectivity index (χ3v) is 4.79. The van der Waals surface area contributed by atoms with Gasteiger partial charge in [0.05, 0.1) is 7.11 Å². The van der Waals surface area contributed by atoms with Gasteiger partial charge in [0.25, 0.3) is 0 Å². The summed E-state index contributed by atoms with van der Waals surface area (Å²) in [4.78, 5) is 15.2. The van der Waals surface area contributed by atoms with Crippen LogP contribution in [0, 0.1) is 5.92 Å². The van der Waals surface area contributed by atoms with Gasteiger partial charge in [0, 0.05) is 26.7 Å². The molecular formula is C19H27F3N2O2. The Balaban J connectivity index is 1.78. The molecule has 1 aromatic rings. The number of nitrogens with zero attached hydrogens (tertiary/aromatic N) is 2. The van der Waals surface area contributed by atoms with Gasteiger partial charge >= 0.3 is 6.18 Å². The van der Waals surface area contributed by atoms with Crippen molar-refractivity contribution in [1.29, 1.82) is 0 Å².